The molecule has 0 amide bonds. The van der Waals surface area contributed by atoms with E-state index in [-0.39, 0.29) is 18.0 Å². The third kappa shape index (κ3) is 3.30. The highest BCUT2D eigenvalue weighted by Gasteiger charge is 2.29. The molecular weight excluding hydrogens is 333 g/mol. The van der Waals surface area contributed by atoms with Gasteiger partial charge in [0.05, 0.1) is 18.3 Å². The van der Waals surface area contributed by atoms with E-state index < -0.39 is 0 Å². The smallest absolute Gasteiger partial charge is 0.250 e. The summed E-state index contributed by atoms with van der Waals surface area (Å²) in [5.74, 6) is 0.425. The van der Waals surface area contributed by atoms with Crippen LogP contribution in [0, 0.1) is 12.7 Å². The molecule has 0 radical (unpaired) electrons. The summed E-state index contributed by atoms with van der Waals surface area (Å²) in [7, 11) is 0. The summed E-state index contributed by atoms with van der Waals surface area (Å²) >= 11 is 0. The Labute approximate surface area is 151 Å². The first-order valence-electron chi connectivity index (χ1n) is 8.61. The molecule has 3 aromatic rings. The summed E-state index contributed by atoms with van der Waals surface area (Å²) in [4.78, 5) is 2.11. The molecule has 0 saturated carbocycles. The molecule has 0 bridgehead atoms. The highest BCUT2D eigenvalue weighted by Crippen LogP contribution is 2.28. The van der Waals surface area contributed by atoms with Crippen molar-refractivity contribution in [1.82, 2.24) is 20.2 Å². The molecule has 134 valence electrons. The molecule has 1 aliphatic heterocycles. The second-order valence-corrected chi connectivity index (χ2v) is 6.62. The standard InChI is InChI=1S/C19H20FN5O/c1-13-3-9-17(10-4-13)25-19(21-22-23-25)24-11-14(2)26-18(12-24)15-5-7-16(20)8-6-15/h3-10,14,18H,11-12H2,1-2H3. The fraction of sp³-hybridized carbons (Fsp3) is 0.316. The van der Waals surface area contributed by atoms with E-state index in [9.17, 15) is 4.39 Å². The molecule has 1 fully saturated rings. The van der Waals surface area contributed by atoms with Crippen molar-refractivity contribution in [2.45, 2.75) is 26.1 Å². The van der Waals surface area contributed by atoms with Crippen LogP contribution in [0.25, 0.3) is 5.69 Å². The van der Waals surface area contributed by atoms with Crippen LogP contribution in [0.5, 0.6) is 0 Å². The van der Waals surface area contributed by atoms with Gasteiger partial charge >= 0.3 is 0 Å². The molecule has 2 atom stereocenters. The number of anilines is 1. The lowest BCUT2D eigenvalue weighted by molar-refractivity contribution is -0.0180. The Morgan fingerprint density at radius 1 is 1.04 bits per heavy atom. The Bertz CT molecular complexity index is 878. The minimum atomic E-state index is -0.252. The monoisotopic (exact) mass is 353 g/mol. The van der Waals surface area contributed by atoms with Crippen molar-refractivity contribution >= 4 is 5.95 Å². The number of ether oxygens (including phenoxy) is 1. The lowest BCUT2D eigenvalue weighted by Gasteiger charge is -2.37. The maximum Gasteiger partial charge on any atom is 0.250 e. The Morgan fingerprint density at radius 2 is 1.77 bits per heavy atom. The van der Waals surface area contributed by atoms with Gasteiger partial charge in [0.25, 0.3) is 5.95 Å². The summed E-state index contributed by atoms with van der Waals surface area (Å²) in [6.07, 6.45) is -0.163. The SMILES string of the molecule is Cc1ccc(-n2nnnc2N2CC(C)OC(c3ccc(F)cc3)C2)cc1. The number of tetrazole rings is 1. The second kappa shape index (κ2) is 6.84. The van der Waals surface area contributed by atoms with Gasteiger partial charge in [-0.25, -0.2) is 4.39 Å². The normalized spacial score (nSPS) is 20.3. The molecule has 1 aromatic heterocycles. The van der Waals surface area contributed by atoms with Gasteiger partial charge in [0, 0.05) is 6.54 Å². The maximum atomic E-state index is 13.2. The molecule has 2 heterocycles. The minimum Gasteiger partial charge on any atom is -0.367 e. The number of hydrogen-bond acceptors (Lipinski definition) is 5. The highest BCUT2D eigenvalue weighted by atomic mass is 19.1. The molecule has 6 nitrogen and oxygen atoms in total. The number of morpholine rings is 1. The fourth-order valence-corrected chi connectivity index (χ4v) is 3.21. The third-order valence-electron chi connectivity index (χ3n) is 4.52. The molecule has 26 heavy (non-hydrogen) atoms. The molecule has 7 heteroatoms. The van der Waals surface area contributed by atoms with Crippen LogP contribution in [-0.2, 0) is 4.74 Å². The number of rotatable bonds is 3. The largest absolute Gasteiger partial charge is 0.367 e. The summed E-state index contributed by atoms with van der Waals surface area (Å²) in [6.45, 7) is 5.34. The summed E-state index contributed by atoms with van der Waals surface area (Å²) in [5, 5.41) is 12.2. The Balaban J connectivity index is 1.62. The van der Waals surface area contributed by atoms with Crippen molar-refractivity contribution in [3.05, 3.63) is 65.5 Å². The topological polar surface area (TPSA) is 56.1 Å². The van der Waals surface area contributed by atoms with Crippen LogP contribution in [-0.4, -0.2) is 39.4 Å². The van der Waals surface area contributed by atoms with Crippen molar-refractivity contribution in [3.63, 3.8) is 0 Å². The molecule has 0 aliphatic carbocycles. The number of aromatic nitrogens is 4. The Hall–Kier alpha value is -2.80. The first kappa shape index (κ1) is 16.7. The van der Waals surface area contributed by atoms with Crippen molar-refractivity contribution in [3.8, 4) is 5.69 Å². The molecule has 2 unspecified atom stereocenters. The van der Waals surface area contributed by atoms with Gasteiger partial charge in [-0.2, -0.15) is 4.68 Å². The van der Waals surface area contributed by atoms with Gasteiger partial charge in [-0.15, -0.1) is 0 Å². The molecule has 2 aromatic carbocycles. The van der Waals surface area contributed by atoms with Gasteiger partial charge in [-0.3, -0.25) is 0 Å². The van der Waals surface area contributed by atoms with Gasteiger partial charge in [0.2, 0.25) is 0 Å². The van der Waals surface area contributed by atoms with Gasteiger partial charge < -0.3 is 9.64 Å². The van der Waals surface area contributed by atoms with Gasteiger partial charge in [0.15, 0.2) is 0 Å². The van der Waals surface area contributed by atoms with E-state index in [1.807, 2.05) is 38.1 Å². The lowest BCUT2D eigenvalue weighted by Crippen LogP contribution is -2.44. The van der Waals surface area contributed by atoms with Crippen molar-refractivity contribution < 1.29 is 9.13 Å². The zero-order chi connectivity index (χ0) is 18.1. The van der Waals surface area contributed by atoms with Crippen molar-refractivity contribution in [1.29, 1.82) is 0 Å². The molecular formula is C19H20FN5O. The molecule has 0 spiro atoms. The van der Waals surface area contributed by atoms with E-state index in [1.54, 1.807) is 16.8 Å². The Kier molecular flexibility index (Phi) is 4.38. The number of benzene rings is 2. The fourth-order valence-electron chi connectivity index (χ4n) is 3.21. The van der Waals surface area contributed by atoms with Crippen LogP contribution < -0.4 is 4.90 Å². The van der Waals surface area contributed by atoms with Crippen LogP contribution in [0.3, 0.4) is 0 Å². The summed E-state index contributed by atoms with van der Waals surface area (Å²) in [5.41, 5.74) is 3.03. The van der Waals surface area contributed by atoms with Gasteiger partial charge in [-0.1, -0.05) is 34.9 Å². The van der Waals surface area contributed by atoms with E-state index in [0.29, 0.717) is 19.0 Å². The van der Waals surface area contributed by atoms with Crippen LogP contribution in [0.15, 0.2) is 48.5 Å². The number of aryl methyl sites for hydroxylation is 1. The quantitative estimate of drug-likeness (QED) is 0.724. The second-order valence-electron chi connectivity index (χ2n) is 6.62. The summed E-state index contributed by atoms with van der Waals surface area (Å²) in [6, 6.07) is 14.5. The van der Waals surface area contributed by atoms with E-state index >= 15 is 0 Å². The molecule has 1 saturated heterocycles. The number of halogens is 1. The van der Waals surface area contributed by atoms with Gasteiger partial charge in [0.1, 0.15) is 11.9 Å². The van der Waals surface area contributed by atoms with Crippen molar-refractivity contribution in [2.75, 3.05) is 18.0 Å². The average molecular weight is 353 g/mol. The van der Waals surface area contributed by atoms with E-state index in [0.717, 1.165) is 11.3 Å². The van der Waals surface area contributed by atoms with Crippen LogP contribution >= 0.6 is 0 Å². The van der Waals surface area contributed by atoms with Crippen LogP contribution in [0.2, 0.25) is 0 Å². The predicted octanol–water partition coefficient (Wildman–Crippen LogP) is 3.08. The zero-order valence-corrected chi connectivity index (χ0v) is 14.7. The van der Waals surface area contributed by atoms with E-state index in [2.05, 4.69) is 20.4 Å². The molecule has 0 N–H and O–H groups in total. The molecule has 4 rings (SSSR count). The molecule has 1 aliphatic rings. The third-order valence-corrected chi connectivity index (χ3v) is 4.52. The zero-order valence-electron chi connectivity index (χ0n) is 14.7. The predicted molar refractivity (Wildman–Crippen MR) is 95.8 cm³/mol. The van der Waals surface area contributed by atoms with Gasteiger partial charge in [-0.05, 0) is 54.1 Å². The minimum absolute atomic E-state index is 0.00182. The van der Waals surface area contributed by atoms with Crippen LogP contribution in [0.1, 0.15) is 24.2 Å². The van der Waals surface area contributed by atoms with Crippen molar-refractivity contribution in [2.24, 2.45) is 0 Å². The first-order chi connectivity index (χ1) is 12.6. The first-order valence-corrected chi connectivity index (χ1v) is 8.61. The number of hydrogen-bond donors (Lipinski definition) is 0. The van der Waals surface area contributed by atoms with E-state index in [4.69, 9.17) is 4.74 Å². The van der Waals surface area contributed by atoms with Crippen LogP contribution in [0.4, 0.5) is 10.3 Å². The van der Waals surface area contributed by atoms with E-state index in [1.165, 1.54) is 17.7 Å². The Morgan fingerprint density at radius 3 is 2.50 bits per heavy atom. The highest BCUT2D eigenvalue weighted by molar-refractivity contribution is 5.42. The average Bonchev–Trinajstić information content (AvgIpc) is 3.12. The number of nitrogens with zero attached hydrogens (tertiary/aromatic N) is 5. The maximum absolute atomic E-state index is 13.2. The lowest BCUT2D eigenvalue weighted by atomic mass is 10.1. The summed E-state index contributed by atoms with van der Waals surface area (Å²) < 4.78 is 21.0.